The van der Waals surface area contributed by atoms with Gasteiger partial charge in [0, 0.05) is 22.3 Å². The normalized spacial score (nSPS) is 10.5. The van der Waals surface area contributed by atoms with Gasteiger partial charge in [-0.05, 0) is 49.7 Å². The van der Waals surface area contributed by atoms with E-state index in [1.54, 1.807) is 24.3 Å². The van der Waals surface area contributed by atoms with Crippen LogP contribution in [0.3, 0.4) is 0 Å². The van der Waals surface area contributed by atoms with E-state index in [4.69, 9.17) is 5.26 Å². The number of fused-ring (bicyclic) bond motifs is 1. The lowest BCUT2D eigenvalue weighted by atomic mass is 10.1. The molecule has 23 heavy (non-hydrogen) atoms. The number of aryl methyl sites for hydroxylation is 2. The first-order chi connectivity index (χ1) is 11.1. The molecule has 0 atom stereocenters. The van der Waals surface area contributed by atoms with Gasteiger partial charge in [-0.1, -0.05) is 17.7 Å². The van der Waals surface area contributed by atoms with E-state index >= 15 is 0 Å². The summed E-state index contributed by atoms with van der Waals surface area (Å²) in [5.74, 6) is -0.0920. The first-order valence-corrected chi connectivity index (χ1v) is 7.44. The predicted octanol–water partition coefficient (Wildman–Crippen LogP) is 3.84. The zero-order chi connectivity index (χ0) is 16.4. The van der Waals surface area contributed by atoms with Crippen LogP contribution in [0.5, 0.6) is 0 Å². The lowest BCUT2D eigenvalue weighted by Crippen LogP contribution is -2.14. The maximum atomic E-state index is 12.4. The molecule has 0 bridgehead atoms. The third kappa shape index (κ3) is 3.09. The topological polar surface area (TPSA) is 68.7 Å². The maximum absolute atomic E-state index is 12.4. The van der Waals surface area contributed by atoms with Gasteiger partial charge in [-0.15, -0.1) is 0 Å². The fourth-order valence-electron chi connectivity index (χ4n) is 2.76. The van der Waals surface area contributed by atoms with Crippen molar-refractivity contribution in [1.29, 1.82) is 5.26 Å². The molecular formula is C19H17N3O. The molecule has 0 aliphatic carbocycles. The van der Waals surface area contributed by atoms with Crippen molar-refractivity contribution in [2.45, 2.75) is 20.3 Å². The standard InChI is InChI=1S/C19H17N3O/c1-12-6-7-18-17(8-12)16(13(2)21-18)10-19(23)22-15-5-3-4-14(9-15)11-20/h3-9,21H,10H2,1-2H3,(H,22,23). The van der Waals surface area contributed by atoms with Crippen LogP contribution < -0.4 is 5.32 Å². The van der Waals surface area contributed by atoms with Gasteiger partial charge < -0.3 is 10.3 Å². The molecule has 1 amide bonds. The van der Waals surface area contributed by atoms with Gasteiger partial charge in [0.2, 0.25) is 5.91 Å². The Balaban J connectivity index is 1.84. The van der Waals surface area contributed by atoms with Gasteiger partial charge >= 0.3 is 0 Å². The molecule has 0 radical (unpaired) electrons. The highest BCUT2D eigenvalue weighted by Crippen LogP contribution is 2.24. The molecule has 3 rings (SSSR count). The average Bonchev–Trinajstić information content (AvgIpc) is 2.83. The van der Waals surface area contributed by atoms with Gasteiger partial charge in [0.15, 0.2) is 0 Å². The predicted molar refractivity (Wildman–Crippen MR) is 91.3 cm³/mol. The molecule has 4 heteroatoms. The first kappa shape index (κ1) is 14.9. The van der Waals surface area contributed by atoms with Gasteiger partial charge in [-0.25, -0.2) is 0 Å². The van der Waals surface area contributed by atoms with E-state index < -0.39 is 0 Å². The molecule has 0 spiro atoms. The Morgan fingerprint density at radius 2 is 2.04 bits per heavy atom. The number of nitrogens with zero attached hydrogens (tertiary/aromatic N) is 1. The molecule has 3 aromatic rings. The highest BCUT2D eigenvalue weighted by molar-refractivity contribution is 5.96. The molecule has 1 heterocycles. The molecule has 0 unspecified atom stereocenters. The maximum Gasteiger partial charge on any atom is 0.228 e. The second-order valence-electron chi connectivity index (χ2n) is 5.70. The Bertz CT molecular complexity index is 931. The van der Waals surface area contributed by atoms with Crippen molar-refractivity contribution in [2.24, 2.45) is 0 Å². The summed E-state index contributed by atoms with van der Waals surface area (Å²) in [5.41, 5.74) is 5.40. The largest absolute Gasteiger partial charge is 0.358 e. The zero-order valence-corrected chi connectivity index (χ0v) is 13.1. The fourth-order valence-corrected chi connectivity index (χ4v) is 2.76. The van der Waals surface area contributed by atoms with Crippen molar-refractivity contribution in [3.8, 4) is 6.07 Å². The van der Waals surface area contributed by atoms with E-state index in [0.29, 0.717) is 17.7 Å². The van der Waals surface area contributed by atoms with Crippen molar-refractivity contribution in [1.82, 2.24) is 4.98 Å². The van der Waals surface area contributed by atoms with Crippen LogP contribution in [-0.2, 0) is 11.2 Å². The van der Waals surface area contributed by atoms with E-state index in [-0.39, 0.29) is 5.91 Å². The van der Waals surface area contributed by atoms with Crippen LogP contribution in [0.2, 0.25) is 0 Å². The number of nitrogens with one attached hydrogen (secondary N) is 2. The summed E-state index contributed by atoms with van der Waals surface area (Å²) in [6.07, 6.45) is 0.298. The Morgan fingerprint density at radius 1 is 1.22 bits per heavy atom. The number of aromatic nitrogens is 1. The summed E-state index contributed by atoms with van der Waals surface area (Å²) in [4.78, 5) is 15.7. The number of anilines is 1. The minimum atomic E-state index is -0.0920. The van der Waals surface area contributed by atoms with Gasteiger partial charge in [0.25, 0.3) is 0 Å². The summed E-state index contributed by atoms with van der Waals surface area (Å²) in [6, 6.07) is 15.2. The fraction of sp³-hybridized carbons (Fsp3) is 0.158. The Morgan fingerprint density at radius 3 is 2.83 bits per heavy atom. The Kier molecular flexibility index (Phi) is 3.86. The van der Waals surface area contributed by atoms with E-state index in [1.807, 2.05) is 19.9 Å². The zero-order valence-electron chi connectivity index (χ0n) is 13.1. The molecular weight excluding hydrogens is 286 g/mol. The van der Waals surface area contributed by atoms with Gasteiger partial charge in [0.1, 0.15) is 0 Å². The second-order valence-corrected chi connectivity index (χ2v) is 5.70. The molecule has 0 fully saturated rings. The van der Waals surface area contributed by atoms with Crippen molar-refractivity contribution in [2.75, 3.05) is 5.32 Å². The molecule has 0 aliphatic rings. The van der Waals surface area contributed by atoms with Crippen LogP contribution in [0.25, 0.3) is 10.9 Å². The summed E-state index contributed by atoms with van der Waals surface area (Å²) >= 11 is 0. The minimum absolute atomic E-state index is 0.0920. The van der Waals surface area contributed by atoms with Gasteiger partial charge in [-0.2, -0.15) is 5.26 Å². The van der Waals surface area contributed by atoms with Crippen LogP contribution in [0, 0.1) is 25.2 Å². The van der Waals surface area contributed by atoms with E-state index in [1.165, 1.54) is 5.56 Å². The lowest BCUT2D eigenvalue weighted by molar-refractivity contribution is -0.115. The number of hydrogen-bond donors (Lipinski definition) is 2. The highest BCUT2D eigenvalue weighted by Gasteiger charge is 2.13. The number of rotatable bonds is 3. The smallest absolute Gasteiger partial charge is 0.228 e. The second kappa shape index (κ2) is 5.98. The van der Waals surface area contributed by atoms with Gasteiger partial charge in [-0.3, -0.25) is 4.79 Å². The lowest BCUT2D eigenvalue weighted by Gasteiger charge is -2.06. The quantitative estimate of drug-likeness (QED) is 0.772. The van der Waals surface area contributed by atoms with Crippen molar-refractivity contribution < 1.29 is 4.79 Å². The number of aromatic amines is 1. The molecule has 0 saturated heterocycles. The highest BCUT2D eigenvalue weighted by atomic mass is 16.1. The molecule has 2 aromatic carbocycles. The number of H-pyrrole nitrogens is 1. The van der Waals surface area contributed by atoms with Crippen molar-refractivity contribution in [3.63, 3.8) is 0 Å². The number of nitriles is 1. The van der Waals surface area contributed by atoms with Crippen molar-refractivity contribution >= 4 is 22.5 Å². The summed E-state index contributed by atoms with van der Waals surface area (Å²) in [5, 5.41) is 12.9. The monoisotopic (exact) mass is 303 g/mol. The van der Waals surface area contributed by atoms with Gasteiger partial charge in [0.05, 0.1) is 18.1 Å². The third-order valence-corrected chi connectivity index (χ3v) is 3.89. The Hall–Kier alpha value is -3.06. The number of benzene rings is 2. The van der Waals surface area contributed by atoms with Crippen LogP contribution in [0.15, 0.2) is 42.5 Å². The third-order valence-electron chi connectivity index (χ3n) is 3.89. The first-order valence-electron chi connectivity index (χ1n) is 7.44. The van der Waals surface area contributed by atoms with E-state index in [0.717, 1.165) is 22.2 Å². The van der Waals surface area contributed by atoms with E-state index in [9.17, 15) is 4.79 Å². The Labute approximate surface area is 134 Å². The SMILES string of the molecule is Cc1ccc2[nH]c(C)c(CC(=O)Nc3cccc(C#N)c3)c2c1. The van der Waals surface area contributed by atoms with Crippen LogP contribution >= 0.6 is 0 Å². The van der Waals surface area contributed by atoms with E-state index in [2.05, 4.69) is 28.5 Å². The van der Waals surface area contributed by atoms with Crippen LogP contribution in [0.4, 0.5) is 5.69 Å². The summed E-state index contributed by atoms with van der Waals surface area (Å²) < 4.78 is 0. The number of carbonyl (C=O) groups is 1. The van der Waals surface area contributed by atoms with Crippen LogP contribution in [0.1, 0.15) is 22.4 Å². The van der Waals surface area contributed by atoms with Crippen LogP contribution in [-0.4, -0.2) is 10.9 Å². The molecule has 2 N–H and O–H groups in total. The number of hydrogen-bond acceptors (Lipinski definition) is 2. The molecule has 4 nitrogen and oxygen atoms in total. The molecule has 1 aromatic heterocycles. The number of carbonyl (C=O) groups excluding carboxylic acids is 1. The van der Waals surface area contributed by atoms with Crippen molar-refractivity contribution in [3.05, 3.63) is 64.8 Å². The summed E-state index contributed by atoms with van der Waals surface area (Å²) in [6.45, 7) is 4.02. The summed E-state index contributed by atoms with van der Waals surface area (Å²) in [7, 11) is 0. The molecule has 114 valence electrons. The molecule has 0 aliphatic heterocycles. The number of amides is 1. The molecule has 0 saturated carbocycles. The average molecular weight is 303 g/mol. The minimum Gasteiger partial charge on any atom is -0.358 e.